The molecule has 2 N–H and O–H groups in total. The average Bonchev–Trinajstić information content (AvgIpc) is 2.63. The smallest absolute Gasteiger partial charge is 0.0558 e. The summed E-state index contributed by atoms with van der Waals surface area (Å²) in [6.45, 7) is 11.5. The van der Waals surface area contributed by atoms with Crippen molar-refractivity contribution < 1.29 is 5.11 Å². The van der Waals surface area contributed by atoms with Crippen LogP contribution in [0.5, 0.6) is 0 Å². The maximum absolute atomic E-state index is 9.12. The van der Waals surface area contributed by atoms with Gasteiger partial charge in [0.1, 0.15) is 0 Å². The molecule has 0 saturated heterocycles. The molecule has 1 aromatic rings. The molecule has 3 heteroatoms. The van der Waals surface area contributed by atoms with E-state index in [-0.39, 0.29) is 6.61 Å². The first-order valence-corrected chi connectivity index (χ1v) is 9.61. The lowest BCUT2D eigenvalue weighted by Crippen LogP contribution is -2.35. The van der Waals surface area contributed by atoms with E-state index in [1.165, 1.54) is 11.1 Å². The molecule has 1 aromatic carbocycles. The fourth-order valence-corrected chi connectivity index (χ4v) is 3.11. The Kier molecular flexibility index (Phi) is 12.0. The van der Waals surface area contributed by atoms with Crippen LogP contribution in [-0.2, 0) is 0 Å². The largest absolute Gasteiger partial charge is 0.395 e. The van der Waals surface area contributed by atoms with Crippen LogP contribution >= 0.6 is 0 Å². The summed E-state index contributed by atoms with van der Waals surface area (Å²) in [5, 5.41) is 12.7. The van der Waals surface area contributed by atoms with E-state index >= 15 is 0 Å². The van der Waals surface area contributed by atoms with E-state index in [1.807, 2.05) is 0 Å². The van der Waals surface area contributed by atoms with E-state index in [9.17, 15) is 0 Å². The number of nitrogens with zero attached hydrogens (tertiary/aromatic N) is 1. The van der Waals surface area contributed by atoms with Gasteiger partial charge in [0.15, 0.2) is 0 Å². The lowest BCUT2D eigenvalue weighted by atomic mass is 9.89. The Balaban J connectivity index is 2.50. The van der Waals surface area contributed by atoms with E-state index in [1.54, 1.807) is 0 Å². The molecule has 25 heavy (non-hydrogen) atoms. The standard InChI is InChI=1S/C22H36N2O/c1-4-6-10-20(3)22(21-11-8-7-9-12-21)13-14-23-15-17-24(16-5-2)18-19-25/h4,6-12,22-23,25H,5,13-19H2,1-3H3/b6-4-,20-10+. The third kappa shape index (κ3) is 9.01. The topological polar surface area (TPSA) is 35.5 Å². The quantitative estimate of drug-likeness (QED) is 0.420. The lowest BCUT2D eigenvalue weighted by Gasteiger charge is -2.22. The van der Waals surface area contributed by atoms with Gasteiger partial charge in [-0.25, -0.2) is 0 Å². The van der Waals surface area contributed by atoms with Crippen molar-refractivity contribution in [2.75, 3.05) is 39.3 Å². The Morgan fingerprint density at radius 3 is 2.56 bits per heavy atom. The second kappa shape index (κ2) is 13.8. The van der Waals surface area contributed by atoms with Crippen LogP contribution in [0.15, 0.2) is 54.1 Å². The van der Waals surface area contributed by atoms with E-state index in [4.69, 9.17) is 5.11 Å². The first-order valence-electron chi connectivity index (χ1n) is 9.61. The highest BCUT2D eigenvalue weighted by atomic mass is 16.3. The lowest BCUT2D eigenvalue weighted by molar-refractivity contribution is 0.196. The van der Waals surface area contributed by atoms with Crippen LogP contribution in [0.4, 0.5) is 0 Å². The number of allylic oxidation sites excluding steroid dienone is 4. The van der Waals surface area contributed by atoms with Crippen LogP contribution in [0.2, 0.25) is 0 Å². The van der Waals surface area contributed by atoms with Crippen LogP contribution in [0.3, 0.4) is 0 Å². The molecular formula is C22H36N2O. The summed E-state index contributed by atoms with van der Waals surface area (Å²) >= 11 is 0. The van der Waals surface area contributed by atoms with E-state index in [2.05, 4.69) is 79.5 Å². The Hall–Kier alpha value is -1.42. The summed E-state index contributed by atoms with van der Waals surface area (Å²) in [4.78, 5) is 2.32. The Labute approximate surface area is 154 Å². The van der Waals surface area contributed by atoms with Crippen LogP contribution in [0.25, 0.3) is 0 Å². The van der Waals surface area contributed by atoms with Gasteiger partial charge in [-0.05, 0) is 45.3 Å². The monoisotopic (exact) mass is 344 g/mol. The number of nitrogens with one attached hydrogen (secondary N) is 1. The highest BCUT2D eigenvalue weighted by Crippen LogP contribution is 2.27. The number of aliphatic hydroxyl groups excluding tert-OH is 1. The van der Waals surface area contributed by atoms with E-state index < -0.39 is 0 Å². The Morgan fingerprint density at radius 1 is 1.16 bits per heavy atom. The molecule has 0 amide bonds. The zero-order valence-electron chi connectivity index (χ0n) is 16.2. The summed E-state index contributed by atoms with van der Waals surface area (Å²) in [6.07, 6.45) is 8.65. The van der Waals surface area contributed by atoms with Gasteiger partial charge in [-0.3, -0.25) is 4.90 Å². The predicted molar refractivity (Wildman–Crippen MR) is 109 cm³/mol. The van der Waals surface area contributed by atoms with Gasteiger partial charge in [-0.15, -0.1) is 0 Å². The predicted octanol–water partition coefficient (Wildman–Crippen LogP) is 3.98. The van der Waals surface area contributed by atoms with Crippen LogP contribution in [0.1, 0.15) is 45.1 Å². The van der Waals surface area contributed by atoms with Gasteiger partial charge in [0.05, 0.1) is 6.61 Å². The molecule has 0 bridgehead atoms. The Morgan fingerprint density at radius 2 is 1.92 bits per heavy atom. The van der Waals surface area contributed by atoms with Gasteiger partial charge < -0.3 is 10.4 Å². The summed E-state index contributed by atoms with van der Waals surface area (Å²) in [7, 11) is 0. The van der Waals surface area contributed by atoms with E-state index in [0.29, 0.717) is 5.92 Å². The van der Waals surface area contributed by atoms with Gasteiger partial charge in [0.2, 0.25) is 0 Å². The molecule has 0 radical (unpaired) electrons. The normalized spacial score (nSPS) is 13.7. The van der Waals surface area contributed by atoms with Gasteiger partial charge in [-0.1, -0.05) is 61.1 Å². The van der Waals surface area contributed by atoms with Crippen molar-refractivity contribution in [3.05, 3.63) is 59.7 Å². The zero-order valence-corrected chi connectivity index (χ0v) is 16.2. The molecule has 0 saturated carbocycles. The minimum atomic E-state index is 0.241. The summed E-state index contributed by atoms with van der Waals surface area (Å²) in [5.74, 6) is 0.453. The highest BCUT2D eigenvalue weighted by molar-refractivity contribution is 5.29. The average molecular weight is 345 g/mol. The third-order valence-corrected chi connectivity index (χ3v) is 4.47. The van der Waals surface area contributed by atoms with Crippen molar-refractivity contribution >= 4 is 0 Å². The van der Waals surface area contributed by atoms with Crippen molar-refractivity contribution in [2.24, 2.45) is 0 Å². The number of hydrogen-bond acceptors (Lipinski definition) is 3. The van der Waals surface area contributed by atoms with E-state index in [0.717, 1.165) is 45.6 Å². The number of aliphatic hydroxyl groups is 1. The summed E-state index contributed by atoms with van der Waals surface area (Å²) in [5.41, 5.74) is 2.79. The Bertz CT molecular complexity index is 490. The first-order chi connectivity index (χ1) is 12.2. The second-order valence-corrected chi connectivity index (χ2v) is 6.50. The fourth-order valence-electron chi connectivity index (χ4n) is 3.11. The van der Waals surface area contributed by atoms with Gasteiger partial charge in [0, 0.05) is 25.6 Å². The fraction of sp³-hybridized carbons (Fsp3) is 0.545. The number of rotatable bonds is 13. The summed E-state index contributed by atoms with van der Waals surface area (Å²) in [6, 6.07) is 10.8. The van der Waals surface area contributed by atoms with Crippen LogP contribution < -0.4 is 5.32 Å². The number of benzene rings is 1. The molecule has 1 atom stereocenters. The van der Waals surface area contributed by atoms with Crippen LogP contribution in [0, 0.1) is 0 Å². The molecule has 0 aliphatic heterocycles. The first kappa shape index (κ1) is 21.6. The highest BCUT2D eigenvalue weighted by Gasteiger charge is 2.12. The maximum Gasteiger partial charge on any atom is 0.0558 e. The van der Waals surface area contributed by atoms with Gasteiger partial charge in [0.25, 0.3) is 0 Å². The van der Waals surface area contributed by atoms with Crippen molar-refractivity contribution in [3.8, 4) is 0 Å². The molecule has 0 heterocycles. The minimum Gasteiger partial charge on any atom is -0.395 e. The molecule has 1 unspecified atom stereocenters. The van der Waals surface area contributed by atoms with Crippen molar-refractivity contribution in [2.45, 2.75) is 39.5 Å². The maximum atomic E-state index is 9.12. The molecular weight excluding hydrogens is 308 g/mol. The van der Waals surface area contributed by atoms with Gasteiger partial charge in [-0.2, -0.15) is 0 Å². The molecule has 0 spiro atoms. The molecule has 0 aliphatic carbocycles. The molecule has 0 aliphatic rings. The zero-order chi connectivity index (χ0) is 18.3. The minimum absolute atomic E-state index is 0.241. The SMILES string of the molecule is C/C=C\C=C(/C)C(CCNCCN(CCC)CCO)c1ccccc1. The second-order valence-electron chi connectivity index (χ2n) is 6.50. The van der Waals surface area contributed by atoms with Crippen LogP contribution in [-0.4, -0.2) is 49.3 Å². The molecule has 1 rings (SSSR count). The molecule has 3 nitrogen and oxygen atoms in total. The molecule has 0 aromatic heterocycles. The third-order valence-electron chi connectivity index (χ3n) is 4.47. The molecule has 140 valence electrons. The van der Waals surface area contributed by atoms with Crippen molar-refractivity contribution in [1.82, 2.24) is 10.2 Å². The number of hydrogen-bond donors (Lipinski definition) is 2. The van der Waals surface area contributed by atoms with Gasteiger partial charge >= 0.3 is 0 Å². The summed E-state index contributed by atoms with van der Waals surface area (Å²) < 4.78 is 0. The van der Waals surface area contributed by atoms with Crippen molar-refractivity contribution in [3.63, 3.8) is 0 Å². The molecule has 0 fully saturated rings. The van der Waals surface area contributed by atoms with Crippen molar-refractivity contribution in [1.29, 1.82) is 0 Å².